The Morgan fingerprint density at radius 3 is 1.65 bits per heavy atom. The highest BCUT2D eigenvalue weighted by Gasteiger charge is 2.56. The second kappa shape index (κ2) is 10.6. The summed E-state index contributed by atoms with van der Waals surface area (Å²) in [4.78, 5) is 61.2. The summed E-state index contributed by atoms with van der Waals surface area (Å²) in [5.74, 6) is -1.34. The molecule has 7 rings (SSSR count). The van der Waals surface area contributed by atoms with E-state index in [1.807, 2.05) is 30.4 Å². The van der Waals surface area contributed by atoms with Gasteiger partial charge in [0.1, 0.15) is 0 Å². The average Bonchev–Trinajstić information content (AvgIpc) is 3.81. The van der Waals surface area contributed by atoms with E-state index in [0.717, 1.165) is 22.3 Å². The van der Waals surface area contributed by atoms with Gasteiger partial charge < -0.3 is 0 Å². The molecule has 1 saturated carbocycles. The summed E-state index contributed by atoms with van der Waals surface area (Å²) in [6.45, 7) is 16.7. The highest BCUT2D eigenvalue weighted by Crippen LogP contribution is 2.54. The number of hydrogen-bond donors (Lipinski definition) is 0. The first kappa shape index (κ1) is 30.3. The Morgan fingerprint density at radius 2 is 1.15 bits per heavy atom. The van der Waals surface area contributed by atoms with Crippen LogP contribution in [0.25, 0.3) is 11.1 Å². The van der Waals surface area contributed by atoms with Gasteiger partial charge in [-0.15, -0.1) is 0 Å². The predicted molar refractivity (Wildman–Crippen MR) is 180 cm³/mol. The van der Waals surface area contributed by atoms with Gasteiger partial charge >= 0.3 is 0 Å². The van der Waals surface area contributed by atoms with E-state index in [1.54, 1.807) is 12.1 Å². The molecule has 6 nitrogen and oxygen atoms in total. The number of amides is 4. The number of rotatable bonds is 6. The lowest BCUT2D eigenvalue weighted by Gasteiger charge is -2.37. The number of allylic oxidation sites excluding steroid dienone is 5. The quantitative estimate of drug-likeness (QED) is 0.348. The third-order valence-electron chi connectivity index (χ3n) is 10.4. The van der Waals surface area contributed by atoms with Crippen molar-refractivity contribution in [1.29, 1.82) is 0 Å². The molecule has 0 aromatic heterocycles. The van der Waals surface area contributed by atoms with E-state index in [0.29, 0.717) is 56.9 Å². The minimum absolute atomic E-state index is 0.0904. The zero-order valence-electron chi connectivity index (χ0n) is 28.0. The molecule has 0 radical (unpaired) electrons. The van der Waals surface area contributed by atoms with E-state index in [9.17, 15) is 19.2 Å². The van der Waals surface area contributed by atoms with Crippen LogP contribution in [0.1, 0.15) is 112 Å². The smallest absolute Gasteiger partial charge is 0.265 e. The average molecular weight is 615 g/mol. The van der Waals surface area contributed by atoms with Gasteiger partial charge in [-0.05, 0) is 82.8 Å². The molecule has 236 valence electrons. The zero-order chi connectivity index (χ0) is 32.9. The lowest BCUT2D eigenvalue weighted by molar-refractivity contribution is -0.122. The summed E-state index contributed by atoms with van der Waals surface area (Å²) in [5, 5.41) is 1.01. The maximum Gasteiger partial charge on any atom is 0.265 e. The molecule has 1 fully saturated rings. The van der Waals surface area contributed by atoms with Crippen molar-refractivity contribution >= 4 is 40.5 Å². The molecule has 46 heavy (non-hydrogen) atoms. The topological polar surface area (TPSA) is 74.8 Å². The molecule has 2 heterocycles. The molecular weight excluding hydrogens is 572 g/mol. The molecule has 2 aromatic carbocycles. The van der Waals surface area contributed by atoms with Crippen LogP contribution in [0.4, 0.5) is 5.69 Å². The van der Waals surface area contributed by atoms with Crippen LogP contribution in [0, 0.1) is 23.7 Å². The molecule has 3 aliphatic carbocycles. The first-order valence-corrected chi connectivity index (χ1v) is 16.8. The molecule has 2 unspecified atom stereocenters. The molecule has 5 aliphatic rings. The Balaban J connectivity index is 1.48. The maximum absolute atomic E-state index is 14.7. The molecule has 2 aliphatic heterocycles. The van der Waals surface area contributed by atoms with Gasteiger partial charge in [0.15, 0.2) is 0 Å². The third kappa shape index (κ3) is 4.14. The van der Waals surface area contributed by atoms with E-state index < -0.39 is 5.91 Å². The first-order valence-electron chi connectivity index (χ1n) is 16.8. The molecule has 6 heteroatoms. The van der Waals surface area contributed by atoms with Crippen molar-refractivity contribution in [3.8, 4) is 0 Å². The molecule has 0 saturated heterocycles. The monoisotopic (exact) mass is 614 g/mol. The van der Waals surface area contributed by atoms with Crippen molar-refractivity contribution in [2.45, 2.75) is 80.1 Å². The van der Waals surface area contributed by atoms with Gasteiger partial charge in [0.25, 0.3) is 23.6 Å². The molecule has 2 atom stereocenters. The number of fused-ring (bicyclic) bond motifs is 3. The van der Waals surface area contributed by atoms with Gasteiger partial charge in [-0.3, -0.25) is 19.2 Å². The number of para-hydroxylation sites is 1. The predicted octanol–water partition coefficient (Wildman–Crippen LogP) is 6.51. The van der Waals surface area contributed by atoms with Gasteiger partial charge in [-0.1, -0.05) is 91.8 Å². The Kier molecular flexibility index (Phi) is 7.00. The van der Waals surface area contributed by atoms with Crippen LogP contribution in [0.2, 0.25) is 0 Å². The molecule has 0 N–H and O–H groups in total. The first-order chi connectivity index (χ1) is 21.9. The van der Waals surface area contributed by atoms with Crippen LogP contribution in [-0.4, -0.2) is 28.5 Å². The van der Waals surface area contributed by atoms with Gasteiger partial charge in [-0.2, -0.15) is 0 Å². The molecule has 4 amide bonds. The second-order valence-electron chi connectivity index (χ2n) is 14.6. The van der Waals surface area contributed by atoms with Gasteiger partial charge in [-0.25, -0.2) is 9.80 Å². The molecule has 0 spiro atoms. The van der Waals surface area contributed by atoms with E-state index in [1.165, 1.54) is 9.80 Å². The van der Waals surface area contributed by atoms with Crippen molar-refractivity contribution in [1.82, 2.24) is 4.90 Å². The number of imide groups is 2. The van der Waals surface area contributed by atoms with Crippen molar-refractivity contribution in [2.75, 3.05) is 4.90 Å². The summed E-state index contributed by atoms with van der Waals surface area (Å²) in [5.41, 5.74) is 7.24. The van der Waals surface area contributed by atoms with Gasteiger partial charge in [0.2, 0.25) is 0 Å². The molecule has 0 bridgehead atoms. The van der Waals surface area contributed by atoms with Crippen molar-refractivity contribution < 1.29 is 19.2 Å². The van der Waals surface area contributed by atoms with Crippen LogP contribution in [0.3, 0.4) is 0 Å². The van der Waals surface area contributed by atoms with Crippen molar-refractivity contribution in [2.24, 2.45) is 23.7 Å². The van der Waals surface area contributed by atoms with Crippen molar-refractivity contribution in [3.05, 3.63) is 98.1 Å². The van der Waals surface area contributed by atoms with Crippen molar-refractivity contribution in [3.63, 3.8) is 0 Å². The fraction of sp³-hybridized carbons (Fsp3) is 0.400. The van der Waals surface area contributed by atoms with Crippen LogP contribution in [-0.2, 0) is 9.59 Å². The van der Waals surface area contributed by atoms with E-state index in [4.69, 9.17) is 0 Å². The van der Waals surface area contributed by atoms with Crippen LogP contribution >= 0.6 is 0 Å². The third-order valence-corrected chi connectivity index (χ3v) is 10.4. The van der Waals surface area contributed by atoms with Gasteiger partial charge in [0.05, 0.1) is 11.4 Å². The lowest BCUT2D eigenvalue weighted by atomic mass is 9.81. The fourth-order valence-electron chi connectivity index (χ4n) is 8.07. The second-order valence-corrected chi connectivity index (χ2v) is 14.6. The fourth-order valence-corrected chi connectivity index (χ4v) is 8.07. The maximum atomic E-state index is 14.7. The standard InChI is InChI=1S/C40H42N2O4/c1-19(2)23-12-9-10-13-24(20(3)4)35(23)41-37(43)27-16-17-28-32-31(27)33(39(41)45)29-18-30(29)34(32)40(46)42(38(28)44)36-25(21(5)6)14-11-15-26(36)22(7)8/h9-12,14-17,19-22,29-30H,13,18H2,1-8H3. The number of benzene rings is 2. The Bertz CT molecular complexity index is 1980. The normalized spacial score (nSPS) is 22.0. The zero-order valence-corrected chi connectivity index (χ0v) is 28.0. The van der Waals surface area contributed by atoms with Crippen LogP contribution in [0.15, 0.2) is 65.4 Å². The molecule has 2 aromatic rings. The summed E-state index contributed by atoms with van der Waals surface area (Å²) in [7, 11) is 0. The van der Waals surface area contributed by atoms with Crippen LogP contribution in [0.5, 0.6) is 0 Å². The number of anilines is 1. The SMILES string of the molecule is CC(C)C1=CC=CCC(C(C)C)=C1N1C(=O)C2=c3c(ccc4c3=C(C(=O)N(c3c(C(C)C)cccc3C(C)C)C4=O)C3CC23)C1=O. The Labute approximate surface area is 270 Å². The highest BCUT2D eigenvalue weighted by molar-refractivity contribution is 6.39. The van der Waals surface area contributed by atoms with E-state index in [2.05, 4.69) is 61.5 Å². The largest absolute Gasteiger partial charge is 0.269 e. The number of hydrogen-bond acceptors (Lipinski definition) is 4. The number of carbonyl (C=O) groups is 4. The number of nitrogens with zero attached hydrogens (tertiary/aromatic N) is 2. The Morgan fingerprint density at radius 1 is 0.630 bits per heavy atom. The minimum atomic E-state index is -0.396. The Hall–Kier alpha value is -4.32. The molecular formula is C40H42N2O4. The summed E-state index contributed by atoms with van der Waals surface area (Å²) < 4.78 is 0. The van der Waals surface area contributed by atoms with E-state index >= 15 is 0 Å². The lowest BCUT2D eigenvalue weighted by Crippen LogP contribution is -2.58. The highest BCUT2D eigenvalue weighted by atomic mass is 16.2. The summed E-state index contributed by atoms with van der Waals surface area (Å²) >= 11 is 0. The summed E-state index contributed by atoms with van der Waals surface area (Å²) in [6.07, 6.45) is 7.44. The summed E-state index contributed by atoms with van der Waals surface area (Å²) in [6, 6.07) is 9.42. The van der Waals surface area contributed by atoms with Gasteiger partial charge in [0, 0.05) is 32.7 Å². The van der Waals surface area contributed by atoms with E-state index in [-0.39, 0.29) is 53.2 Å². The minimum Gasteiger partial charge on any atom is -0.269 e. The number of carbonyl (C=O) groups excluding carboxylic acids is 4. The van der Waals surface area contributed by atoms with Crippen LogP contribution < -0.4 is 15.3 Å².